The zero-order valence-electron chi connectivity index (χ0n) is 8.27. The van der Waals surface area contributed by atoms with E-state index in [1.54, 1.807) is 0 Å². The molecule has 1 N–H and O–H groups in total. The van der Waals surface area contributed by atoms with E-state index in [1.807, 2.05) is 0 Å². The third-order valence-corrected chi connectivity index (χ3v) is 3.54. The summed E-state index contributed by atoms with van der Waals surface area (Å²) in [6.07, 6.45) is 0.276. The summed E-state index contributed by atoms with van der Waals surface area (Å²) in [4.78, 5) is 0. The zero-order chi connectivity index (χ0) is 10.3. The first-order valence-corrected chi connectivity index (χ1v) is 5.31. The number of rotatable bonds is 2. The van der Waals surface area contributed by atoms with Crippen LogP contribution < -0.4 is 5.32 Å². The lowest BCUT2D eigenvalue weighted by atomic mass is 9.95. The van der Waals surface area contributed by atoms with Crippen molar-refractivity contribution in [3.63, 3.8) is 0 Å². The zero-order valence-corrected chi connectivity index (χ0v) is 8.27. The Morgan fingerprint density at radius 2 is 2.00 bits per heavy atom. The third kappa shape index (κ3) is 2.05. The first-order chi connectivity index (χ1) is 6.48. The van der Waals surface area contributed by atoms with Crippen LogP contribution in [0.2, 0.25) is 0 Å². The molecule has 0 saturated heterocycles. The van der Waals surface area contributed by atoms with Gasteiger partial charge in [0.2, 0.25) is 0 Å². The van der Waals surface area contributed by atoms with E-state index in [9.17, 15) is 13.2 Å². The fourth-order valence-electron chi connectivity index (χ4n) is 2.53. The molecule has 0 radical (unpaired) electrons. The molecule has 0 amide bonds. The Labute approximate surface area is 82.1 Å². The standard InChI is InChI=1S/C10H16F3N/c1-6(10(11,12)13)14-9-4-2-3-7-5-8(7)9/h6-9,14H,2-5H2,1H3/t6?,7-,8+,9?/m1/s1. The monoisotopic (exact) mass is 207 g/mol. The summed E-state index contributed by atoms with van der Waals surface area (Å²) in [7, 11) is 0. The summed E-state index contributed by atoms with van der Waals surface area (Å²) in [6, 6.07) is -1.24. The van der Waals surface area contributed by atoms with Crippen LogP contribution in [0.3, 0.4) is 0 Å². The van der Waals surface area contributed by atoms with Crippen LogP contribution in [0.25, 0.3) is 0 Å². The molecule has 0 bridgehead atoms. The van der Waals surface area contributed by atoms with Crippen molar-refractivity contribution in [1.82, 2.24) is 5.32 Å². The quantitative estimate of drug-likeness (QED) is 0.734. The minimum Gasteiger partial charge on any atom is -0.303 e. The average Bonchev–Trinajstić information content (AvgIpc) is 2.81. The van der Waals surface area contributed by atoms with Crippen molar-refractivity contribution in [3.8, 4) is 0 Å². The Kier molecular flexibility index (Phi) is 2.50. The Balaban J connectivity index is 1.85. The SMILES string of the molecule is CC(NC1CCC[C@@H]2C[C@H]12)C(F)(F)F. The summed E-state index contributed by atoms with van der Waals surface area (Å²) >= 11 is 0. The molecule has 2 aliphatic rings. The van der Waals surface area contributed by atoms with Crippen LogP contribution in [0.5, 0.6) is 0 Å². The number of hydrogen-bond acceptors (Lipinski definition) is 1. The maximum atomic E-state index is 12.3. The summed E-state index contributed by atoms with van der Waals surface area (Å²) in [5, 5.41) is 2.73. The fourth-order valence-corrected chi connectivity index (χ4v) is 2.53. The molecule has 0 aliphatic heterocycles. The third-order valence-electron chi connectivity index (χ3n) is 3.54. The molecule has 2 saturated carbocycles. The molecule has 1 nitrogen and oxygen atoms in total. The highest BCUT2D eigenvalue weighted by Gasteiger charge is 2.47. The van der Waals surface area contributed by atoms with E-state index in [1.165, 1.54) is 13.3 Å². The molecule has 14 heavy (non-hydrogen) atoms. The van der Waals surface area contributed by atoms with Crippen molar-refractivity contribution < 1.29 is 13.2 Å². The number of nitrogens with one attached hydrogen (secondary N) is 1. The second-order valence-electron chi connectivity index (χ2n) is 4.63. The first-order valence-electron chi connectivity index (χ1n) is 5.31. The van der Waals surface area contributed by atoms with E-state index in [4.69, 9.17) is 0 Å². The second kappa shape index (κ2) is 3.40. The van der Waals surface area contributed by atoms with Crippen LogP contribution >= 0.6 is 0 Å². The highest BCUT2D eigenvalue weighted by Crippen LogP contribution is 2.49. The molecular weight excluding hydrogens is 191 g/mol. The smallest absolute Gasteiger partial charge is 0.303 e. The number of hydrogen-bond donors (Lipinski definition) is 1. The molecule has 2 rings (SSSR count). The molecule has 0 heterocycles. The van der Waals surface area contributed by atoms with E-state index >= 15 is 0 Å². The summed E-state index contributed by atoms with van der Waals surface area (Å²) < 4.78 is 36.8. The van der Waals surface area contributed by atoms with Gasteiger partial charge in [-0.1, -0.05) is 12.8 Å². The fraction of sp³-hybridized carbons (Fsp3) is 1.00. The van der Waals surface area contributed by atoms with Gasteiger partial charge in [0.15, 0.2) is 0 Å². The van der Waals surface area contributed by atoms with E-state index < -0.39 is 12.2 Å². The van der Waals surface area contributed by atoms with Gasteiger partial charge in [-0.05, 0) is 31.6 Å². The van der Waals surface area contributed by atoms with Crippen molar-refractivity contribution >= 4 is 0 Å². The summed E-state index contributed by atoms with van der Waals surface area (Å²) in [5.74, 6) is 1.26. The second-order valence-corrected chi connectivity index (χ2v) is 4.63. The molecule has 4 heteroatoms. The van der Waals surface area contributed by atoms with Gasteiger partial charge in [-0.3, -0.25) is 0 Å². The molecule has 2 fully saturated rings. The molecule has 0 aromatic heterocycles. The maximum Gasteiger partial charge on any atom is 0.403 e. The number of fused-ring (bicyclic) bond motifs is 1. The van der Waals surface area contributed by atoms with Crippen LogP contribution in [-0.4, -0.2) is 18.3 Å². The normalized spacial score (nSPS) is 39.0. The Morgan fingerprint density at radius 3 is 2.64 bits per heavy atom. The van der Waals surface area contributed by atoms with E-state index in [-0.39, 0.29) is 6.04 Å². The van der Waals surface area contributed by atoms with Gasteiger partial charge in [-0.15, -0.1) is 0 Å². The number of halogens is 3. The Morgan fingerprint density at radius 1 is 1.29 bits per heavy atom. The summed E-state index contributed by atoms with van der Waals surface area (Å²) in [6.45, 7) is 1.21. The van der Waals surface area contributed by atoms with Crippen LogP contribution in [0.4, 0.5) is 13.2 Å². The molecular formula is C10H16F3N. The Hall–Kier alpha value is -0.250. The van der Waals surface area contributed by atoms with Gasteiger partial charge < -0.3 is 5.32 Å². The van der Waals surface area contributed by atoms with Crippen LogP contribution in [0, 0.1) is 11.8 Å². The van der Waals surface area contributed by atoms with Crippen LogP contribution in [0.15, 0.2) is 0 Å². The molecule has 0 aromatic rings. The van der Waals surface area contributed by atoms with Crippen LogP contribution in [-0.2, 0) is 0 Å². The van der Waals surface area contributed by atoms with Crippen molar-refractivity contribution in [3.05, 3.63) is 0 Å². The molecule has 0 aromatic carbocycles. The molecule has 2 aliphatic carbocycles. The largest absolute Gasteiger partial charge is 0.403 e. The molecule has 0 spiro atoms. The van der Waals surface area contributed by atoms with E-state index in [2.05, 4.69) is 5.32 Å². The number of alkyl halides is 3. The van der Waals surface area contributed by atoms with Gasteiger partial charge in [-0.25, -0.2) is 0 Å². The van der Waals surface area contributed by atoms with E-state index in [0.717, 1.165) is 25.2 Å². The predicted octanol–water partition coefficient (Wildman–Crippen LogP) is 2.72. The first kappa shape index (κ1) is 10.3. The van der Waals surface area contributed by atoms with Crippen LogP contribution in [0.1, 0.15) is 32.6 Å². The predicted molar refractivity (Wildman–Crippen MR) is 47.9 cm³/mol. The highest BCUT2D eigenvalue weighted by molar-refractivity contribution is 4.99. The van der Waals surface area contributed by atoms with Gasteiger partial charge in [0.05, 0.1) is 0 Å². The van der Waals surface area contributed by atoms with Crippen molar-refractivity contribution in [1.29, 1.82) is 0 Å². The molecule has 4 atom stereocenters. The maximum absolute atomic E-state index is 12.3. The van der Waals surface area contributed by atoms with Gasteiger partial charge in [0, 0.05) is 6.04 Å². The van der Waals surface area contributed by atoms with Gasteiger partial charge >= 0.3 is 6.18 Å². The lowest BCUT2D eigenvalue weighted by molar-refractivity contribution is -0.154. The average molecular weight is 207 g/mol. The minimum absolute atomic E-state index is 0.116. The van der Waals surface area contributed by atoms with Gasteiger partial charge in [-0.2, -0.15) is 13.2 Å². The lowest BCUT2D eigenvalue weighted by Gasteiger charge is -2.27. The topological polar surface area (TPSA) is 12.0 Å². The van der Waals surface area contributed by atoms with Gasteiger partial charge in [0.1, 0.15) is 6.04 Å². The molecule has 2 unspecified atom stereocenters. The van der Waals surface area contributed by atoms with Crippen molar-refractivity contribution in [2.75, 3.05) is 0 Å². The van der Waals surface area contributed by atoms with E-state index in [0.29, 0.717) is 5.92 Å². The summed E-state index contributed by atoms with van der Waals surface area (Å²) in [5.41, 5.74) is 0. The van der Waals surface area contributed by atoms with Crippen molar-refractivity contribution in [2.24, 2.45) is 11.8 Å². The Bertz CT molecular complexity index is 214. The van der Waals surface area contributed by atoms with Gasteiger partial charge in [0.25, 0.3) is 0 Å². The molecule has 82 valence electrons. The van der Waals surface area contributed by atoms with Crippen molar-refractivity contribution in [2.45, 2.75) is 50.9 Å². The highest BCUT2D eigenvalue weighted by atomic mass is 19.4. The minimum atomic E-state index is -4.10. The lowest BCUT2D eigenvalue weighted by Crippen LogP contribution is -2.47.